The van der Waals surface area contributed by atoms with Gasteiger partial charge >= 0.3 is 0 Å². The molecule has 12 heteroatoms. The van der Waals surface area contributed by atoms with Gasteiger partial charge in [-0.15, -0.1) is 0 Å². The van der Waals surface area contributed by atoms with Crippen LogP contribution < -0.4 is 9.62 Å². The predicted molar refractivity (Wildman–Crippen MR) is 194 cm³/mol. The van der Waals surface area contributed by atoms with Gasteiger partial charge < -0.3 is 14.2 Å². The molecule has 0 spiro atoms. The van der Waals surface area contributed by atoms with Crippen molar-refractivity contribution in [2.75, 3.05) is 24.2 Å². The molecule has 7 nitrogen and oxygen atoms in total. The van der Waals surface area contributed by atoms with Crippen LogP contribution in [0.1, 0.15) is 73.5 Å². The van der Waals surface area contributed by atoms with E-state index in [1.807, 2.05) is 24.3 Å². The summed E-state index contributed by atoms with van der Waals surface area (Å²) in [7, 11) is -4.52. The van der Waals surface area contributed by atoms with E-state index in [-0.39, 0.29) is 23.4 Å². The molecule has 1 amide bonds. The van der Waals surface area contributed by atoms with E-state index >= 15 is 0 Å². The normalized spacial score (nSPS) is 14.8. The molecule has 1 unspecified atom stereocenters. The minimum absolute atomic E-state index is 0.0745. The number of furan rings is 1. The summed E-state index contributed by atoms with van der Waals surface area (Å²) < 4.78 is 56.4. The van der Waals surface area contributed by atoms with Crippen molar-refractivity contribution >= 4 is 68.4 Å². The second-order valence-corrected chi connectivity index (χ2v) is 21.7. The third-order valence-electron chi connectivity index (χ3n) is 9.23. The Morgan fingerprint density at radius 1 is 1.15 bits per heavy atom. The number of halogens is 3. The fourth-order valence-corrected chi connectivity index (χ4v) is 8.71. The van der Waals surface area contributed by atoms with E-state index in [2.05, 4.69) is 55.1 Å². The van der Waals surface area contributed by atoms with Gasteiger partial charge in [-0.3, -0.25) is 9.10 Å². The number of rotatable bonds is 11. The van der Waals surface area contributed by atoms with E-state index < -0.39 is 30.3 Å². The minimum Gasteiger partial charge on any atom is -0.455 e. The van der Waals surface area contributed by atoms with Crippen LogP contribution in [0.3, 0.4) is 0 Å². The number of hydrogen-bond acceptors (Lipinski definition) is 5. The molecule has 0 aliphatic heterocycles. The maximum Gasteiger partial charge on any atom is 0.255 e. The zero-order valence-corrected chi connectivity index (χ0v) is 31.9. The van der Waals surface area contributed by atoms with Gasteiger partial charge in [-0.1, -0.05) is 54.4 Å². The molecule has 47 heavy (non-hydrogen) atoms. The first-order chi connectivity index (χ1) is 21.9. The second-order valence-electron chi connectivity index (χ2n) is 13.7. The predicted octanol–water partition coefficient (Wildman–Crippen LogP) is 9.81. The minimum atomic E-state index is -3.77. The van der Waals surface area contributed by atoms with Gasteiger partial charge in [0.25, 0.3) is 5.91 Å². The first-order valence-electron chi connectivity index (χ1n) is 15.6. The molecule has 1 N–H and O–H groups in total. The van der Waals surface area contributed by atoms with Crippen molar-refractivity contribution in [2.45, 2.75) is 70.2 Å². The van der Waals surface area contributed by atoms with Gasteiger partial charge in [0.05, 0.1) is 23.6 Å². The molecule has 0 bridgehead atoms. The summed E-state index contributed by atoms with van der Waals surface area (Å²) in [6.45, 7) is 11.0. The summed E-state index contributed by atoms with van der Waals surface area (Å²) in [4.78, 5) is 13.2. The Balaban J connectivity index is 1.62. The Morgan fingerprint density at radius 3 is 2.36 bits per heavy atom. The maximum absolute atomic E-state index is 13.8. The van der Waals surface area contributed by atoms with Crippen LogP contribution in [0, 0.1) is 5.82 Å². The summed E-state index contributed by atoms with van der Waals surface area (Å²) in [5, 5.41) is 3.78. The number of nitrogens with one attached hydrogen (secondary N) is 1. The van der Waals surface area contributed by atoms with Gasteiger partial charge in [-0.25, -0.2) is 12.8 Å². The number of nitrogens with zero attached hydrogens (tertiary/aromatic N) is 1. The van der Waals surface area contributed by atoms with Crippen LogP contribution in [0.2, 0.25) is 23.2 Å². The monoisotopic (exact) mass is 762 g/mol. The lowest BCUT2D eigenvalue weighted by atomic mass is 10.00. The SMILES string of the molecule is CNC(=O)c1c(-c2ccc(F)cc2)oc2cc(N(CCC(O[Si](C)(C)C(C)(C)C)c3ccc(Cl)cc3Br)S(C)(=O)=O)c(C3CC3)cc12. The first kappa shape index (κ1) is 35.6. The van der Waals surface area contributed by atoms with Crippen molar-refractivity contribution in [3.63, 3.8) is 0 Å². The molecule has 1 fully saturated rings. The van der Waals surface area contributed by atoms with Gasteiger partial charge in [0, 0.05) is 40.1 Å². The fraction of sp³-hybridized carbons (Fsp3) is 0.400. The van der Waals surface area contributed by atoms with Gasteiger partial charge in [0.2, 0.25) is 10.0 Å². The Bertz CT molecular complexity index is 1920. The van der Waals surface area contributed by atoms with E-state index in [4.69, 9.17) is 20.4 Å². The maximum atomic E-state index is 13.8. The molecule has 4 aromatic rings. The van der Waals surface area contributed by atoms with Crippen LogP contribution in [-0.2, 0) is 14.4 Å². The van der Waals surface area contributed by atoms with E-state index in [1.165, 1.54) is 22.7 Å². The molecule has 0 saturated heterocycles. The molecule has 1 aliphatic rings. The number of carbonyl (C=O) groups excluding carboxylic acids is 1. The number of sulfonamides is 1. The van der Waals surface area contributed by atoms with Gasteiger partial charge in [0.15, 0.2) is 8.32 Å². The summed E-state index contributed by atoms with van der Waals surface area (Å²) >= 11 is 9.95. The number of carbonyl (C=O) groups is 1. The van der Waals surface area contributed by atoms with Crippen molar-refractivity contribution in [2.24, 2.45) is 0 Å². The van der Waals surface area contributed by atoms with Crippen LogP contribution in [-0.4, -0.2) is 42.5 Å². The average Bonchev–Trinajstić information content (AvgIpc) is 3.75. The summed E-state index contributed by atoms with van der Waals surface area (Å²) in [6.07, 6.45) is 2.99. The molecule has 3 aromatic carbocycles. The lowest BCUT2D eigenvalue weighted by Crippen LogP contribution is -2.42. The zero-order valence-electron chi connectivity index (χ0n) is 27.7. The molecular formula is C35H41BrClFN2O5SSi. The Kier molecular flexibility index (Phi) is 10.1. The third kappa shape index (κ3) is 7.64. The first-order valence-corrected chi connectivity index (χ1v) is 21.5. The summed E-state index contributed by atoms with van der Waals surface area (Å²) in [5.41, 5.74) is 3.49. The third-order valence-corrected chi connectivity index (χ3v) is 15.8. The number of anilines is 1. The fourth-order valence-electron chi connectivity index (χ4n) is 5.51. The quantitative estimate of drug-likeness (QED) is 0.154. The van der Waals surface area contributed by atoms with E-state index in [1.54, 1.807) is 25.2 Å². The zero-order chi connectivity index (χ0) is 34.5. The van der Waals surface area contributed by atoms with Crippen molar-refractivity contribution in [1.29, 1.82) is 0 Å². The van der Waals surface area contributed by atoms with Gasteiger partial charge in [-0.2, -0.15) is 0 Å². The van der Waals surface area contributed by atoms with E-state index in [0.717, 1.165) is 28.4 Å². The molecule has 5 rings (SSSR count). The van der Waals surface area contributed by atoms with E-state index in [0.29, 0.717) is 45.0 Å². The Hall–Kier alpha value is -2.70. The van der Waals surface area contributed by atoms with Gasteiger partial charge in [0.1, 0.15) is 17.2 Å². The number of benzene rings is 3. The number of hydrogen-bond donors (Lipinski definition) is 1. The highest BCUT2D eigenvalue weighted by molar-refractivity contribution is 9.10. The van der Waals surface area contributed by atoms with Crippen LogP contribution in [0.25, 0.3) is 22.3 Å². The standard InChI is InChI=1S/C35H41BrClFN2O5SSi/c1-35(2,3)47(6,7)45-30(25-15-12-23(37)18-28(25)36)16-17-40(46(5,42)43)29-20-31-27(19-26(29)21-8-9-21)32(34(41)39-4)33(44-31)22-10-13-24(38)14-11-22/h10-15,18-21,30H,8-9,16-17H2,1-7H3,(H,39,41). The molecule has 252 valence electrons. The second kappa shape index (κ2) is 13.3. The van der Waals surface area contributed by atoms with E-state index in [9.17, 15) is 17.6 Å². The summed E-state index contributed by atoms with van der Waals surface area (Å²) in [6, 6.07) is 14.9. The highest BCUT2D eigenvalue weighted by atomic mass is 79.9. The Morgan fingerprint density at radius 2 is 1.81 bits per heavy atom. The topological polar surface area (TPSA) is 88.8 Å². The smallest absolute Gasteiger partial charge is 0.255 e. The summed E-state index contributed by atoms with van der Waals surface area (Å²) in [5.74, 6) is -0.323. The molecule has 1 saturated carbocycles. The molecule has 1 aliphatic carbocycles. The number of amides is 1. The lowest BCUT2D eigenvalue weighted by Gasteiger charge is -2.40. The molecule has 1 aromatic heterocycles. The lowest BCUT2D eigenvalue weighted by molar-refractivity contribution is 0.0964. The van der Waals surface area contributed by atoms with Crippen LogP contribution in [0.15, 0.2) is 63.5 Å². The van der Waals surface area contributed by atoms with Crippen molar-refractivity contribution < 1.29 is 26.4 Å². The molecule has 1 heterocycles. The Labute approximate surface area is 291 Å². The van der Waals surface area contributed by atoms with Crippen molar-refractivity contribution in [3.8, 4) is 11.3 Å². The number of fused-ring (bicyclic) bond motifs is 1. The highest BCUT2D eigenvalue weighted by Crippen LogP contribution is 2.49. The molecular weight excluding hydrogens is 723 g/mol. The van der Waals surface area contributed by atoms with Crippen LogP contribution in [0.4, 0.5) is 10.1 Å². The van der Waals surface area contributed by atoms with Gasteiger partial charge in [-0.05, 0) is 96.9 Å². The average molecular weight is 764 g/mol. The van der Waals surface area contributed by atoms with Crippen molar-refractivity contribution in [1.82, 2.24) is 5.32 Å². The largest absolute Gasteiger partial charge is 0.455 e. The van der Waals surface area contributed by atoms with Crippen LogP contribution in [0.5, 0.6) is 0 Å². The molecule has 0 radical (unpaired) electrons. The highest BCUT2D eigenvalue weighted by Gasteiger charge is 2.40. The molecule has 1 atom stereocenters. The van der Waals surface area contributed by atoms with Crippen molar-refractivity contribution in [3.05, 3.63) is 86.6 Å². The van der Waals surface area contributed by atoms with Crippen LogP contribution >= 0.6 is 27.5 Å².